The number of benzene rings is 1. The van der Waals surface area contributed by atoms with Crippen LogP contribution in [0.25, 0.3) is 0 Å². The van der Waals surface area contributed by atoms with Crippen LogP contribution in [0.5, 0.6) is 0 Å². The summed E-state index contributed by atoms with van der Waals surface area (Å²) in [5, 5.41) is 12.9. The fraction of sp³-hybridized carbons (Fsp3) is 0.500. The lowest BCUT2D eigenvalue weighted by Crippen LogP contribution is -2.43. The number of halogens is 1. The zero-order valence-corrected chi connectivity index (χ0v) is 11.9. The van der Waals surface area contributed by atoms with Gasteiger partial charge in [0.25, 0.3) is 5.91 Å². The van der Waals surface area contributed by atoms with Gasteiger partial charge in [-0.25, -0.2) is 4.39 Å². The second kappa shape index (κ2) is 5.51. The number of carbonyl (C=O) groups is 1. The van der Waals surface area contributed by atoms with Gasteiger partial charge < -0.3 is 10.4 Å². The molecule has 3 nitrogen and oxygen atoms in total. The number of hydrogen-bond donors (Lipinski definition) is 2. The molecule has 0 spiro atoms. The molecule has 1 atom stereocenters. The Balaban J connectivity index is 2.04. The number of rotatable bonds is 3. The molecule has 104 valence electrons. The summed E-state index contributed by atoms with van der Waals surface area (Å²) in [6, 6.07) is 3.07. The van der Waals surface area contributed by atoms with Crippen molar-refractivity contribution in [1.82, 2.24) is 5.32 Å². The molecule has 0 saturated carbocycles. The van der Waals surface area contributed by atoms with Crippen LogP contribution in [-0.4, -0.2) is 34.7 Å². The third kappa shape index (κ3) is 3.28. The maximum atomic E-state index is 13.5. The number of hydrogen-bond acceptors (Lipinski definition) is 3. The van der Waals surface area contributed by atoms with E-state index < -0.39 is 5.60 Å². The molecule has 1 aromatic rings. The van der Waals surface area contributed by atoms with E-state index in [4.69, 9.17) is 0 Å². The number of thioether (sulfide) groups is 1. The van der Waals surface area contributed by atoms with Gasteiger partial charge in [0.1, 0.15) is 5.82 Å². The molecule has 1 amide bonds. The minimum atomic E-state index is -0.801. The van der Waals surface area contributed by atoms with Gasteiger partial charge in [-0.15, -0.1) is 0 Å². The number of nitrogens with one attached hydrogen (secondary N) is 1. The lowest BCUT2D eigenvalue weighted by Gasteiger charge is -2.21. The Morgan fingerprint density at radius 3 is 2.63 bits per heavy atom. The van der Waals surface area contributed by atoms with Crippen molar-refractivity contribution in [1.29, 1.82) is 0 Å². The van der Waals surface area contributed by atoms with Crippen LogP contribution in [0.3, 0.4) is 0 Å². The first kappa shape index (κ1) is 14.3. The van der Waals surface area contributed by atoms with E-state index in [2.05, 4.69) is 5.32 Å². The molecule has 0 aliphatic carbocycles. The molecule has 0 radical (unpaired) electrons. The molecule has 1 saturated heterocycles. The highest BCUT2D eigenvalue weighted by molar-refractivity contribution is 7.99. The lowest BCUT2D eigenvalue weighted by atomic mass is 10.0. The summed E-state index contributed by atoms with van der Waals surface area (Å²) in [4.78, 5) is 12.0. The molecule has 1 unspecified atom stereocenters. The van der Waals surface area contributed by atoms with Crippen molar-refractivity contribution in [2.24, 2.45) is 0 Å². The summed E-state index contributed by atoms with van der Waals surface area (Å²) in [5.41, 5.74) is 0.552. The lowest BCUT2D eigenvalue weighted by molar-refractivity contribution is 0.0612. The highest BCUT2D eigenvalue weighted by atomic mass is 32.2. The summed E-state index contributed by atoms with van der Waals surface area (Å²) in [6.45, 7) is 3.52. The third-order valence-corrected chi connectivity index (χ3v) is 4.59. The molecule has 0 bridgehead atoms. The summed E-state index contributed by atoms with van der Waals surface area (Å²) >= 11 is 1.68. The maximum Gasteiger partial charge on any atom is 0.251 e. The first-order valence-corrected chi connectivity index (χ1v) is 7.42. The van der Waals surface area contributed by atoms with Gasteiger partial charge in [-0.05, 0) is 49.3 Å². The molecule has 19 heavy (non-hydrogen) atoms. The first-order chi connectivity index (χ1) is 8.91. The Bertz CT molecular complexity index is 475. The Labute approximate surface area is 116 Å². The second-order valence-electron chi connectivity index (χ2n) is 5.13. The Morgan fingerprint density at radius 2 is 2.11 bits per heavy atom. The number of amides is 1. The standard InChI is InChI=1S/C14H18FNO2S/c1-9-5-11(6-10(2)12(9)15)13(17)16-7-14(18)3-4-19-8-14/h5-6,18H,3-4,7-8H2,1-2H3,(H,16,17). The van der Waals surface area contributed by atoms with Gasteiger partial charge >= 0.3 is 0 Å². The molecule has 5 heteroatoms. The van der Waals surface area contributed by atoms with E-state index in [1.807, 2.05) is 0 Å². The summed E-state index contributed by atoms with van der Waals surface area (Å²) in [5.74, 6) is 1.02. The Kier molecular flexibility index (Phi) is 4.16. The van der Waals surface area contributed by atoms with Gasteiger partial charge in [-0.1, -0.05) is 0 Å². The zero-order chi connectivity index (χ0) is 14.0. The molecule has 1 aliphatic rings. The molecule has 2 rings (SSSR count). The maximum absolute atomic E-state index is 13.5. The number of aryl methyl sites for hydroxylation is 2. The average Bonchev–Trinajstić information content (AvgIpc) is 2.80. The quantitative estimate of drug-likeness (QED) is 0.892. The van der Waals surface area contributed by atoms with Crippen molar-refractivity contribution >= 4 is 17.7 Å². The Hall–Kier alpha value is -1.07. The SMILES string of the molecule is Cc1cc(C(=O)NCC2(O)CCSC2)cc(C)c1F. The summed E-state index contributed by atoms with van der Waals surface area (Å²) in [6.07, 6.45) is 0.694. The topological polar surface area (TPSA) is 49.3 Å². The van der Waals surface area contributed by atoms with E-state index in [1.165, 1.54) is 12.1 Å². The molecular formula is C14H18FNO2S. The molecule has 0 aromatic heterocycles. The smallest absolute Gasteiger partial charge is 0.251 e. The Morgan fingerprint density at radius 1 is 1.47 bits per heavy atom. The van der Waals surface area contributed by atoms with Crippen LogP contribution >= 0.6 is 11.8 Å². The second-order valence-corrected chi connectivity index (χ2v) is 6.24. The molecule has 1 fully saturated rings. The van der Waals surface area contributed by atoms with Crippen LogP contribution in [0.1, 0.15) is 27.9 Å². The normalized spacial score (nSPS) is 22.5. The minimum absolute atomic E-state index is 0.244. The summed E-state index contributed by atoms with van der Waals surface area (Å²) < 4.78 is 13.5. The average molecular weight is 283 g/mol. The minimum Gasteiger partial charge on any atom is -0.387 e. The van der Waals surface area contributed by atoms with Gasteiger partial charge in [0.2, 0.25) is 0 Å². The predicted molar refractivity (Wildman–Crippen MR) is 75.1 cm³/mol. The summed E-state index contributed by atoms with van der Waals surface area (Å²) in [7, 11) is 0. The fourth-order valence-corrected chi connectivity index (χ4v) is 3.45. The molecule has 1 aliphatic heterocycles. The van der Waals surface area contributed by atoms with Crippen molar-refractivity contribution in [3.8, 4) is 0 Å². The highest BCUT2D eigenvalue weighted by Gasteiger charge is 2.32. The van der Waals surface area contributed by atoms with Crippen LogP contribution in [-0.2, 0) is 0 Å². The van der Waals surface area contributed by atoms with E-state index in [9.17, 15) is 14.3 Å². The van der Waals surface area contributed by atoms with E-state index in [0.29, 0.717) is 28.9 Å². The van der Waals surface area contributed by atoms with Crippen LogP contribution in [0.15, 0.2) is 12.1 Å². The molecular weight excluding hydrogens is 265 g/mol. The van der Waals surface area contributed by atoms with Gasteiger partial charge in [-0.3, -0.25) is 4.79 Å². The van der Waals surface area contributed by atoms with E-state index >= 15 is 0 Å². The van der Waals surface area contributed by atoms with Crippen molar-refractivity contribution < 1.29 is 14.3 Å². The number of carbonyl (C=O) groups excluding carboxylic acids is 1. The third-order valence-electron chi connectivity index (χ3n) is 3.36. The monoisotopic (exact) mass is 283 g/mol. The van der Waals surface area contributed by atoms with Crippen molar-refractivity contribution in [2.75, 3.05) is 18.1 Å². The van der Waals surface area contributed by atoms with Crippen molar-refractivity contribution in [2.45, 2.75) is 25.9 Å². The van der Waals surface area contributed by atoms with Crippen molar-refractivity contribution in [3.05, 3.63) is 34.6 Å². The van der Waals surface area contributed by atoms with E-state index in [0.717, 1.165) is 5.75 Å². The van der Waals surface area contributed by atoms with E-state index in [1.54, 1.807) is 25.6 Å². The molecule has 2 N–H and O–H groups in total. The van der Waals surface area contributed by atoms with Crippen molar-refractivity contribution in [3.63, 3.8) is 0 Å². The molecule has 1 heterocycles. The van der Waals surface area contributed by atoms with Crippen LogP contribution in [0, 0.1) is 19.7 Å². The fourth-order valence-electron chi connectivity index (χ4n) is 2.16. The van der Waals surface area contributed by atoms with Gasteiger partial charge in [-0.2, -0.15) is 11.8 Å². The number of aliphatic hydroxyl groups is 1. The van der Waals surface area contributed by atoms with Crippen LogP contribution < -0.4 is 5.32 Å². The van der Waals surface area contributed by atoms with Gasteiger partial charge in [0, 0.05) is 17.9 Å². The molecule has 1 aromatic carbocycles. The first-order valence-electron chi connectivity index (χ1n) is 6.26. The largest absolute Gasteiger partial charge is 0.387 e. The predicted octanol–water partition coefficient (Wildman–Crippen LogP) is 2.04. The zero-order valence-electron chi connectivity index (χ0n) is 11.1. The van der Waals surface area contributed by atoms with Crippen LogP contribution in [0.4, 0.5) is 4.39 Å². The van der Waals surface area contributed by atoms with E-state index in [-0.39, 0.29) is 18.3 Å². The van der Waals surface area contributed by atoms with Crippen LogP contribution in [0.2, 0.25) is 0 Å². The van der Waals surface area contributed by atoms with Gasteiger partial charge in [0.15, 0.2) is 0 Å². The highest BCUT2D eigenvalue weighted by Crippen LogP contribution is 2.27. The van der Waals surface area contributed by atoms with Gasteiger partial charge in [0.05, 0.1) is 5.60 Å².